The van der Waals surface area contributed by atoms with Gasteiger partial charge in [-0.2, -0.15) is 0 Å². The lowest BCUT2D eigenvalue weighted by Crippen LogP contribution is -2.14. The summed E-state index contributed by atoms with van der Waals surface area (Å²) in [6, 6.07) is 11.8. The van der Waals surface area contributed by atoms with Gasteiger partial charge in [0.1, 0.15) is 16.4 Å². The Hall–Kier alpha value is -1.86. The van der Waals surface area contributed by atoms with Crippen LogP contribution in [0, 0.1) is 0 Å². The topological polar surface area (TPSA) is 64.6 Å². The molecule has 22 heavy (non-hydrogen) atoms. The summed E-state index contributed by atoms with van der Waals surface area (Å²) >= 11 is 1.54. The first-order valence-corrected chi connectivity index (χ1v) is 9.10. The van der Waals surface area contributed by atoms with Gasteiger partial charge in [-0.25, -0.2) is 8.42 Å². The van der Waals surface area contributed by atoms with Crippen LogP contribution in [0.4, 0.5) is 5.69 Å². The molecule has 0 amide bonds. The van der Waals surface area contributed by atoms with Crippen molar-refractivity contribution in [1.29, 1.82) is 0 Å². The predicted octanol–water partition coefficient (Wildman–Crippen LogP) is 3.23. The number of hydrogen-bond donors (Lipinski definition) is 1. The van der Waals surface area contributed by atoms with E-state index in [1.807, 2.05) is 12.3 Å². The molecule has 5 nitrogen and oxygen atoms in total. The van der Waals surface area contributed by atoms with Crippen LogP contribution in [-0.4, -0.2) is 28.9 Å². The Morgan fingerprint density at radius 3 is 2.45 bits per heavy atom. The molecular weight excluding hydrogens is 322 g/mol. The second-order valence-corrected chi connectivity index (χ2v) is 6.88. The lowest BCUT2D eigenvalue weighted by molar-refractivity contribution is 0.392. The molecule has 0 unspecified atom stereocenters. The molecule has 0 bridgehead atoms. The van der Waals surface area contributed by atoms with E-state index < -0.39 is 10.0 Å². The van der Waals surface area contributed by atoms with Crippen LogP contribution in [0.25, 0.3) is 0 Å². The van der Waals surface area contributed by atoms with Crippen LogP contribution in [0.3, 0.4) is 0 Å². The Balaban J connectivity index is 2.41. The number of thioether (sulfide) groups is 1. The van der Waals surface area contributed by atoms with Crippen molar-refractivity contribution in [1.82, 2.24) is 0 Å². The number of anilines is 1. The Morgan fingerprint density at radius 2 is 1.82 bits per heavy atom. The highest BCUT2D eigenvalue weighted by Crippen LogP contribution is 2.30. The van der Waals surface area contributed by atoms with Gasteiger partial charge >= 0.3 is 0 Å². The highest BCUT2D eigenvalue weighted by Gasteiger charge is 2.20. The van der Waals surface area contributed by atoms with Crippen LogP contribution in [-0.2, 0) is 10.0 Å². The maximum absolute atomic E-state index is 12.6. The molecule has 0 saturated carbocycles. The highest BCUT2D eigenvalue weighted by atomic mass is 32.2. The summed E-state index contributed by atoms with van der Waals surface area (Å²) in [4.78, 5) is 1.00. The maximum Gasteiger partial charge on any atom is 0.265 e. The van der Waals surface area contributed by atoms with Crippen molar-refractivity contribution in [2.45, 2.75) is 9.79 Å². The molecule has 0 aliphatic rings. The first-order valence-electron chi connectivity index (χ1n) is 6.39. The number of sulfonamides is 1. The zero-order valence-electron chi connectivity index (χ0n) is 12.5. The van der Waals surface area contributed by atoms with Gasteiger partial charge in [-0.15, -0.1) is 11.8 Å². The molecule has 0 saturated heterocycles. The van der Waals surface area contributed by atoms with Crippen LogP contribution < -0.4 is 14.2 Å². The SMILES string of the molecule is COc1ccc(OC)c(S(=O)(=O)Nc2cccc(SC)c2)c1. The Kier molecular flexibility index (Phi) is 5.20. The van der Waals surface area contributed by atoms with Gasteiger partial charge in [0.2, 0.25) is 0 Å². The molecular formula is C15H17NO4S2. The highest BCUT2D eigenvalue weighted by molar-refractivity contribution is 7.98. The predicted molar refractivity (Wildman–Crippen MR) is 88.6 cm³/mol. The smallest absolute Gasteiger partial charge is 0.265 e. The minimum Gasteiger partial charge on any atom is -0.497 e. The van der Waals surface area contributed by atoms with Crippen molar-refractivity contribution in [3.05, 3.63) is 42.5 Å². The number of ether oxygens (including phenoxy) is 2. The van der Waals surface area contributed by atoms with E-state index in [0.29, 0.717) is 11.4 Å². The first-order chi connectivity index (χ1) is 10.5. The molecule has 2 rings (SSSR count). The molecule has 0 aliphatic carbocycles. The third-order valence-corrected chi connectivity index (χ3v) is 5.11. The second-order valence-electron chi connectivity index (χ2n) is 4.35. The van der Waals surface area contributed by atoms with Crippen molar-refractivity contribution in [2.24, 2.45) is 0 Å². The van der Waals surface area contributed by atoms with Gasteiger partial charge < -0.3 is 9.47 Å². The summed E-state index contributed by atoms with van der Waals surface area (Å²) in [6.45, 7) is 0. The molecule has 2 aromatic carbocycles. The monoisotopic (exact) mass is 339 g/mol. The average molecular weight is 339 g/mol. The third-order valence-electron chi connectivity index (χ3n) is 2.98. The molecule has 0 atom stereocenters. The van der Waals surface area contributed by atoms with E-state index in [-0.39, 0.29) is 10.6 Å². The van der Waals surface area contributed by atoms with E-state index in [4.69, 9.17) is 9.47 Å². The van der Waals surface area contributed by atoms with Crippen molar-refractivity contribution < 1.29 is 17.9 Å². The molecule has 0 aromatic heterocycles. The Labute approximate surface area is 134 Å². The van der Waals surface area contributed by atoms with E-state index in [9.17, 15) is 8.42 Å². The summed E-state index contributed by atoms with van der Waals surface area (Å²) in [5, 5.41) is 0. The number of methoxy groups -OCH3 is 2. The lowest BCUT2D eigenvalue weighted by atomic mass is 10.3. The Morgan fingerprint density at radius 1 is 1.05 bits per heavy atom. The van der Waals surface area contributed by atoms with Gasteiger partial charge in [0.15, 0.2) is 0 Å². The Bertz CT molecular complexity index is 760. The van der Waals surface area contributed by atoms with Gasteiger partial charge in [-0.3, -0.25) is 4.72 Å². The summed E-state index contributed by atoms with van der Waals surface area (Å²) in [5.74, 6) is 0.702. The fourth-order valence-electron chi connectivity index (χ4n) is 1.89. The molecule has 0 fully saturated rings. The number of rotatable bonds is 6. The number of hydrogen-bond acceptors (Lipinski definition) is 5. The van der Waals surface area contributed by atoms with E-state index in [2.05, 4.69) is 4.72 Å². The maximum atomic E-state index is 12.6. The van der Waals surface area contributed by atoms with E-state index in [1.54, 1.807) is 30.3 Å². The molecule has 118 valence electrons. The van der Waals surface area contributed by atoms with Gasteiger partial charge in [-0.1, -0.05) is 6.07 Å². The summed E-state index contributed by atoms with van der Waals surface area (Å²) in [7, 11) is -0.872. The number of nitrogens with one attached hydrogen (secondary N) is 1. The first kappa shape index (κ1) is 16.5. The average Bonchev–Trinajstić information content (AvgIpc) is 2.54. The van der Waals surface area contributed by atoms with Crippen molar-refractivity contribution in [2.75, 3.05) is 25.2 Å². The fraction of sp³-hybridized carbons (Fsp3) is 0.200. The van der Waals surface area contributed by atoms with Gasteiger partial charge in [0, 0.05) is 16.6 Å². The van der Waals surface area contributed by atoms with Crippen molar-refractivity contribution in [3.63, 3.8) is 0 Å². The quantitative estimate of drug-likeness (QED) is 0.819. The molecule has 0 spiro atoms. The molecule has 0 aliphatic heterocycles. The van der Waals surface area contributed by atoms with E-state index in [1.165, 1.54) is 32.0 Å². The second kappa shape index (κ2) is 6.93. The standard InChI is InChI=1S/C15H17NO4S2/c1-19-12-7-8-14(20-2)15(10-12)22(17,18)16-11-5-4-6-13(9-11)21-3/h4-10,16H,1-3H3. The minimum absolute atomic E-state index is 0.0314. The van der Waals surface area contributed by atoms with Crippen LogP contribution in [0.2, 0.25) is 0 Å². The largest absolute Gasteiger partial charge is 0.497 e. The van der Waals surface area contributed by atoms with Crippen LogP contribution in [0.5, 0.6) is 11.5 Å². The van der Waals surface area contributed by atoms with Crippen molar-refractivity contribution in [3.8, 4) is 11.5 Å². The van der Waals surface area contributed by atoms with Gasteiger partial charge in [0.05, 0.1) is 14.2 Å². The summed E-state index contributed by atoms with van der Waals surface area (Å²) in [5.41, 5.74) is 0.497. The fourth-order valence-corrected chi connectivity index (χ4v) is 3.58. The molecule has 1 N–H and O–H groups in total. The van der Waals surface area contributed by atoms with E-state index in [0.717, 1.165) is 4.90 Å². The molecule has 2 aromatic rings. The van der Waals surface area contributed by atoms with Crippen LogP contribution in [0.15, 0.2) is 52.3 Å². The zero-order valence-corrected chi connectivity index (χ0v) is 14.1. The molecule has 7 heteroatoms. The summed E-state index contributed by atoms with van der Waals surface area (Å²) in [6.07, 6.45) is 1.93. The van der Waals surface area contributed by atoms with Crippen LogP contribution >= 0.6 is 11.8 Å². The normalized spacial score (nSPS) is 11.0. The number of benzene rings is 2. The minimum atomic E-state index is -3.78. The van der Waals surface area contributed by atoms with Crippen LogP contribution in [0.1, 0.15) is 0 Å². The third kappa shape index (κ3) is 3.66. The molecule has 0 radical (unpaired) electrons. The zero-order chi connectivity index (χ0) is 16.2. The van der Waals surface area contributed by atoms with Gasteiger partial charge in [-0.05, 0) is 36.6 Å². The lowest BCUT2D eigenvalue weighted by Gasteiger charge is -2.13. The van der Waals surface area contributed by atoms with E-state index >= 15 is 0 Å². The van der Waals surface area contributed by atoms with Crippen molar-refractivity contribution >= 4 is 27.5 Å². The molecule has 0 heterocycles. The van der Waals surface area contributed by atoms with Gasteiger partial charge in [0.25, 0.3) is 10.0 Å². The summed E-state index contributed by atoms with van der Waals surface area (Å²) < 4.78 is 38.0.